The van der Waals surface area contributed by atoms with Gasteiger partial charge in [-0.25, -0.2) is 4.79 Å². The second-order valence-corrected chi connectivity index (χ2v) is 7.87. The topological polar surface area (TPSA) is 88.5 Å². The monoisotopic (exact) mass is 412 g/mol. The fraction of sp³-hybridized carbons (Fsp3) is 0.368. The summed E-state index contributed by atoms with van der Waals surface area (Å²) in [5, 5.41) is 22.8. The van der Waals surface area contributed by atoms with Crippen LogP contribution >= 0.6 is 23.2 Å². The Kier molecular flexibility index (Phi) is 5.86. The number of nitrogens with zero attached hydrogens (tertiary/aromatic N) is 1. The normalized spacial score (nSPS) is 23.8. The van der Waals surface area contributed by atoms with Gasteiger partial charge < -0.3 is 15.2 Å². The maximum atomic E-state index is 12.3. The van der Waals surface area contributed by atoms with Crippen LogP contribution < -0.4 is 34.7 Å². The first-order valence-electron chi connectivity index (χ1n) is 8.40. The maximum absolute atomic E-state index is 12.3. The third kappa shape index (κ3) is 3.87. The molecule has 0 atom stereocenters. The first-order valence-corrected chi connectivity index (χ1v) is 9.15. The van der Waals surface area contributed by atoms with Crippen LogP contribution in [0.2, 0.25) is 10.0 Å². The molecule has 0 aliphatic heterocycles. The predicted molar refractivity (Wildman–Crippen MR) is 98.9 cm³/mol. The molecule has 2 aromatic rings. The van der Waals surface area contributed by atoms with E-state index in [9.17, 15) is 15.0 Å². The zero-order valence-electron chi connectivity index (χ0n) is 14.7. The van der Waals surface area contributed by atoms with Crippen LogP contribution in [0.1, 0.15) is 48.2 Å². The molecule has 2 aliphatic rings. The fourth-order valence-corrected chi connectivity index (χ4v) is 4.80. The summed E-state index contributed by atoms with van der Waals surface area (Å²) in [4.78, 5) is 18.6. The molecule has 1 heterocycles. The van der Waals surface area contributed by atoms with Gasteiger partial charge in [-0.3, -0.25) is 4.99 Å². The van der Waals surface area contributed by atoms with E-state index in [-0.39, 0.29) is 51.4 Å². The second kappa shape index (κ2) is 7.69. The number of aliphatic imine (C=N–C) groups is 1. The summed E-state index contributed by atoms with van der Waals surface area (Å²) in [7, 11) is 0. The van der Waals surface area contributed by atoms with Crippen LogP contribution in [0.4, 0.5) is 0 Å². The first-order chi connectivity index (χ1) is 12.4. The van der Waals surface area contributed by atoms with Gasteiger partial charge in [-0.1, -0.05) is 35.0 Å². The number of benzene rings is 1. The van der Waals surface area contributed by atoms with Gasteiger partial charge in [0.15, 0.2) is 0 Å². The number of H-pyrrole nitrogens is 1. The van der Waals surface area contributed by atoms with Crippen molar-refractivity contribution in [1.82, 2.24) is 4.98 Å². The third-order valence-corrected chi connectivity index (χ3v) is 5.88. The van der Waals surface area contributed by atoms with E-state index in [4.69, 9.17) is 23.2 Å². The number of carboxylic acid groups (broad SMARTS) is 1. The number of rotatable bonds is 2. The molecule has 2 fully saturated rings. The zero-order chi connectivity index (χ0) is 18.5. The number of nitrogens with one attached hydrogen (secondary N) is 1. The number of aromatic amines is 1. The third-order valence-electron chi connectivity index (χ3n) is 5.37. The summed E-state index contributed by atoms with van der Waals surface area (Å²) in [6.07, 6.45) is 5.06. The van der Waals surface area contributed by atoms with E-state index in [1.165, 1.54) is 6.07 Å². The van der Waals surface area contributed by atoms with Gasteiger partial charge in [0, 0.05) is 16.3 Å². The van der Waals surface area contributed by atoms with Crippen LogP contribution in [0.15, 0.2) is 17.1 Å². The minimum absolute atomic E-state index is 0. The molecule has 2 bridgehead atoms. The Bertz CT molecular complexity index is 1010. The summed E-state index contributed by atoms with van der Waals surface area (Å²) in [6.45, 7) is 0. The molecule has 2 N–H and O–H groups in total. The number of halogens is 2. The molecular weight excluding hydrogens is 398 g/mol. The van der Waals surface area contributed by atoms with E-state index in [1.807, 2.05) is 0 Å². The predicted octanol–water partition coefficient (Wildman–Crippen LogP) is 0.620. The van der Waals surface area contributed by atoms with E-state index in [0.29, 0.717) is 21.8 Å². The van der Waals surface area contributed by atoms with Crippen molar-refractivity contribution < 1.29 is 44.6 Å². The van der Waals surface area contributed by atoms with Crippen LogP contribution in [0.5, 0.6) is 0 Å². The second-order valence-electron chi connectivity index (χ2n) is 7.03. The SMILES string of the molecule is O=C(O)c1[nH]c2cc(Cl)cc(Cl)c2c1C#CC([O-])=NC12CCC(CC1)C2.[Na+]. The number of hydrogen-bond acceptors (Lipinski definition) is 3. The summed E-state index contributed by atoms with van der Waals surface area (Å²) in [5.41, 5.74) is 0.259. The first kappa shape index (κ1) is 20.6. The van der Waals surface area contributed by atoms with Crippen LogP contribution in [-0.4, -0.2) is 27.5 Å². The van der Waals surface area contributed by atoms with Crippen molar-refractivity contribution in [3.05, 3.63) is 33.4 Å². The van der Waals surface area contributed by atoms with E-state index >= 15 is 0 Å². The molecule has 134 valence electrons. The average Bonchev–Trinajstić information content (AvgIpc) is 3.24. The quantitative estimate of drug-likeness (QED) is 0.328. The molecule has 4 rings (SSSR count). The number of fused-ring (bicyclic) bond motifs is 3. The van der Waals surface area contributed by atoms with Gasteiger partial charge in [0.05, 0.1) is 21.6 Å². The van der Waals surface area contributed by atoms with E-state index in [2.05, 4.69) is 21.8 Å². The number of carboxylic acids is 1. The van der Waals surface area contributed by atoms with Crippen LogP contribution in [0.25, 0.3) is 10.9 Å². The van der Waals surface area contributed by atoms with Gasteiger partial charge in [0.25, 0.3) is 0 Å². The fourth-order valence-electron chi connectivity index (χ4n) is 4.21. The molecule has 0 unspecified atom stereocenters. The zero-order valence-corrected chi connectivity index (χ0v) is 18.2. The number of aromatic nitrogens is 1. The molecule has 1 aromatic carbocycles. The van der Waals surface area contributed by atoms with E-state index < -0.39 is 11.9 Å². The van der Waals surface area contributed by atoms with E-state index in [0.717, 1.165) is 32.1 Å². The van der Waals surface area contributed by atoms with E-state index in [1.54, 1.807) is 6.07 Å². The number of hydrogen-bond donors (Lipinski definition) is 2. The van der Waals surface area contributed by atoms with Crippen molar-refractivity contribution in [3.63, 3.8) is 0 Å². The van der Waals surface area contributed by atoms with Gasteiger partial charge in [-0.15, -0.1) is 0 Å². The Morgan fingerprint density at radius 1 is 1.33 bits per heavy atom. The molecule has 5 nitrogen and oxygen atoms in total. The molecule has 27 heavy (non-hydrogen) atoms. The van der Waals surface area contributed by atoms with Crippen LogP contribution in [0, 0.1) is 17.8 Å². The Balaban J connectivity index is 0.00000210. The Hall–Kier alpha value is -1.16. The molecule has 0 spiro atoms. The molecule has 0 radical (unpaired) electrons. The van der Waals surface area contributed by atoms with Crippen molar-refractivity contribution >= 4 is 46.0 Å². The van der Waals surface area contributed by atoms with Gasteiger partial charge in [-0.05, 0) is 50.2 Å². The van der Waals surface area contributed by atoms with Crippen LogP contribution in [0.3, 0.4) is 0 Å². The smallest absolute Gasteiger partial charge is 0.853 e. The minimum Gasteiger partial charge on any atom is -0.853 e. The van der Waals surface area contributed by atoms with Crippen molar-refractivity contribution in [3.8, 4) is 11.8 Å². The average molecular weight is 413 g/mol. The Morgan fingerprint density at radius 3 is 2.63 bits per heavy atom. The van der Waals surface area contributed by atoms with Crippen molar-refractivity contribution in [1.29, 1.82) is 0 Å². The van der Waals surface area contributed by atoms with Crippen molar-refractivity contribution in [2.75, 3.05) is 0 Å². The maximum Gasteiger partial charge on any atom is 1.00 e. The Labute approximate surface area is 188 Å². The molecule has 2 aliphatic carbocycles. The minimum atomic E-state index is -1.19. The van der Waals surface area contributed by atoms with Gasteiger partial charge >= 0.3 is 35.5 Å². The standard InChI is InChI=1S/C19H16Cl2N2O3.Na/c20-11-7-13(21)16-12(17(18(25)26)22-14(16)8-11)1-2-15(24)23-19-5-3-10(9-19)4-6-19;/h7-8,10,22H,3-6,9H2,(H,23,24)(H,25,26);/q;+1/p-1. The summed E-state index contributed by atoms with van der Waals surface area (Å²) >= 11 is 12.2. The van der Waals surface area contributed by atoms with Crippen molar-refractivity contribution in [2.24, 2.45) is 10.9 Å². The van der Waals surface area contributed by atoms with Gasteiger partial charge in [-0.2, -0.15) is 0 Å². The van der Waals surface area contributed by atoms with Gasteiger partial charge in [0.1, 0.15) is 5.69 Å². The number of aromatic carboxylic acids is 1. The summed E-state index contributed by atoms with van der Waals surface area (Å²) in [5.74, 6) is 4.14. The molecular formula is C19H15Cl2N2NaO3. The van der Waals surface area contributed by atoms with Crippen LogP contribution in [-0.2, 0) is 0 Å². The molecule has 8 heteroatoms. The summed E-state index contributed by atoms with van der Waals surface area (Å²) in [6, 6.07) is 3.08. The molecule has 0 saturated heterocycles. The molecule has 2 saturated carbocycles. The van der Waals surface area contributed by atoms with Gasteiger partial charge in [0.2, 0.25) is 0 Å². The Morgan fingerprint density at radius 2 is 2.04 bits per heavy atom. The number of carbonyl (C=O) groups is 1. The molecule has 0 amide bonds. The largest absolute Gasteiger partial charge is 1.00 e. The van der Waals surface area contributed by atoms with Crippen molar-refractivity contribution in [2.45, 2.75) is 37.6 Å². The molecule has 1 aromatic heterocycles. The summed E-state index contributed by atoms with van der Waals surface area (Å²) < 4.78 is 0.